The number of carbonyl (C=O) groups is 1. The van der Waals surface area contributed by atoms with Gasteiger partial charge in [0.05, 0.1) is 35.9 Å². The molecule has 0 radical (unpaired) electrons. The maximum absolute atomic E-state index is 11.8. The molecular weight excluding hydrogens is 470 g/mol. The maximum Gasteiger partial charge on any atom is 0.307 e. The second kappa shape index (κ2) is 12.1. The SMILES string of the molecule is CCOC(=O)CC(c1cccc(COc2ccc(-c3ccnn3C3CCCCO3)nc2)c1)S(=O)[O-]. The van der Waals surface area contributed by atoms with Crippen LogP contribution in [0.25, 0.3) is 11.4 Å². The van der Waals surface area contributed by atoms with Gasteiger partial charge in [-0.1, -0.05) is 24.3 Å². The lowest BCUT2D eigenvalue weighted by Crippen LogP contribution is -2.20. The van der Waals surface area contributed by atoms with E-state index >= 15 is 0 Å². The predicted molar refractivity (Wildman–Crippen MR) is 128 cm³/mol. The third kappa shape index (κ3) is 6.53. The van der Waals surface area contributed by atoms with Crippen LogP contribution >= 0.6 is 0 Å². The Morgan fingerprint density at radius 2 is 2.17 bits per heavy atom. The summed E-state index contributed by atoms with van der Waals surface area (Å²) in [5.41, 5.74) is 2.94. The monoisotopic (exact) mass is 498 g/mol. The van der Waals surface area contributed by atoms with Crippen LogP contribution in [0.15, 0.2) is 54.9 Å². The van der Waals surface area contributed by atoms with Crippen molar-refractivity contribution in [3.8, 4) is 17.1 Å². The Morgan fingerprint density at radius 1 is 1.29 bits per heavy atom. The van der Waals surface area contributed by atoms with E-state index in [0.29, 0.717) is 11.3 Å². The Bertz CT molecular complexity index is 1140. The van der Waals surface area contributed by atoms with Crippen molar-refractivity contribution in [3.05, 3.63) is 66.0 Å². The Hall–Kier alpha value is -3.08. The quantitative estimate of drug-likeness (QED) is 0.303. The van der Waals surface area contributed by atoms with Crippen LogP contribution in [-0.2, 0) is 32.0 Å². The third-order valence-electron chi connectivity index (χ3n) is 5.72. The van der Waals surface area contributed by atoms with Crippen LogP contribution in [0.4, 0.5) is 0 Å². The zero-order valence-electron chi connectivity index (χ0n) is 19.5. The molecule has 3 unspecified atom stereocenters. The molecule has 0 spiro atoms. The van der Waals surface area contributed by atoms with Gasteiger partial charge in [-0.25, -0.2) is 4.68 Å². The Labute approximate surface area is 206 Å². The second-order valence-corrected chi connectivity index (χ2v) is 9.24. The minimum Gasteiger partial charge on any atom is -0.772 e. The predicted octanol–water partition coefficient (Wildman–Crippen LogP) is 4.10. The first-order valence-corrected chi connectivity index (χ1v) is 12.8. The van der Waals surface area contributed by atoms with Gasteiger partial charge >= 0.3 is 5.97 Å². The smallest absolute Gasteiger partial charge is 0.307 e. The highest BCUT2D eigenvalue weighted by Gasteiger charge is 2.20. The summed E-state index contributed by atoms with van der Waals surface area (Å²) in [5, 5.41) is 3.45. The van der Waals surface area contributed by atoms with E-state index in [1.165, 1.54) is 0 Å². The van der Waals surface area contributed by atoms with Crippen LogP contribution in [0.2, 0.25) is 0 Å². The minimum atomic E-state index is -2.47. The fraction of sp³-hybridized carbons (Fsp3) is 0.400. The number of hydrogen-bond acceptors (Lipinski definition) is 8. The molecule has 0 N–H and O–H groups in total. The highest BCUT2D eigenvalue weighted by atomic mass is 32.2. The number of aromatic nitrogens is 3. The summed E-state index contributed by atoms with van der Waals surface area (Å²) in [4.78, 5) is 16.3. The van der Waals surface area contributed by atoms with Gasteiger partial charge in [-0.2, -0.15) is 5.10 Å². The summed E-state index contributed by atoms with van der Waals surface area (Å²) in [6, 6.07) is 12.6. The third-order valence-corrected chi connectivity index (χ3v) is 6.62. The van der Waals surface area contributed by atoms with Gasteiger partial charge in [0.25, 0.3) is 0 Å². The molecule has 3 aromatic rings. The van der Waals surface area contributed by atoms with Gasteiger partial charge in [0.2, 0.25) is 0 Å². The molecular formula is C25H28N3O6S-. The number of ether oxygens (including phenoxy) is 3. The molecule has 3 atom stereocenters. The molecule has 3 heterocycles. The number of hydrogen-bond donors (Lipinski definition) is 0. The van der Waals surface area contributed by atoms with Crippen LogP contribution in [0.1, 0.15) is 55.2 Å². The van der Waals surface area contributed by atoms with Crippen molar-refractivity contribution in [2.45, 2.75) is 50.7 Å². The summed E-state index contributed by atoms with van der Waals surface area (Å²) in [7, 11) is 0. The topological polar surface area (TPSA) is 116 Å². The fourth-order valence-electron chi connectivity index (χ4n) is 4.00. The van der Waals surface area contributed by atoms with Crippen molar-refractivity contribution < 1.29 is 27.8 Å². The molecule has 9 nitrogen and oxygen atoms in total. The summed E-state index contributed by atoms with van der Waals surface area (Å²) in [5.74, 6) is 0.0283. The van der Waals surface area contributed by atoms with Crippen molar-refractivity contribution in [3.63, 3.8) is 0 Å². The van der Waals surface area contributed by atoms with E-state index in [9.17, 15) is 13.6 Å². The van der Waals surface area contributed by atoms with Gasteiger partial charge in [-0.05, 0) is 66.6 Å². The Morgan fingerprint density at radius 3 is 2.89 bits per heavy atom. The molecule has 1 fully saturated rings. The molecule has 10 heteroatoms. The molecule has 2 aromatic heterocycles. The highest BCUT2D eigenvalue weighted by Crippen LogP contribution is 2.28. The van der Waals surface area contributed by atoms with Gasteiger partial charge in [0.15, 0.2) is 6.23 Å². The molecule has 1 saturated heterocycles. The highest BCUT2D eigenvalue weighted by molar-refractivity contribution is 7.79. The van der Waals surface area contributed by atoms with Crippen LogP contribution in [0.3, 0.4) is 0 Å². The Balaban J connectivity index is 1.40. The second-order valence-electron chi connectivity index (χ2n) is 8.15. The summed E-state index contributed by atoms with van der Waals surface area (Å²) in [6.45, 7) is 2.84. The van der Waals surface area contributed by atoms with E-state index in [4.69, 9.17) is 14.2 Å². The largest absolute Gasteiger partial charge is 0.772 e. The average molecular weight is 499 g/mol. The van der Waals surface area contributed by atoms with Crippen molar-refractivity contribution in [1.82, 2.24) is 14.8 Å². The number of pyridine rings is 1. The molecule has 0 amide bonds. The molecule has 1 aliphatic heterocycles. The van der Waals surface area contributed by atoms with Gasteiger partial charge in [-0.15, -0.1) is 0 Å². The minimum absolute atomic E-state index is 0.0742. The molecule has 0 saturated carbocycles. The normalized spacial score (nSPS) is 17.5. The standard InChI is InChI=1S/C25H29N3O6S/c1-2-32-25(29)15-23(35(30)31)19-7-5-6-18(14-19)17-34-20-9-10-21(26-16-20)22-11-12-27-28(22)24-8-3-4-13-33-24/h5-7,9-12,14,16,23-24H,2-4,8,13,15,17H2,1H3,(H,30,31)/p-1. The van der Waals surface area contributed by atoms with Gasteiger partial charge in [0, 0.05) is 12.8 Å². The zero-order chi connectivity index (χ0) is 24.6. The van der Waals surface area contributed by atoms with Gasteiger partial charge < -0.3 is 18.8 Å². The summed E-state index contributed by atoms with van der Waals surface area (Å²) >= 11 is -2.47. The van der Waals surface area contributed by atoms with Crippen molar-refractivity contribution in [2.75, 3.05) is 13.2 Å². The van der Waals surface area contributed by atoms with Gasteiger partial charge in [-0.3, -0.25) is 14.0 Å². The van der Waals surface area contributed by atoms with E-state index in [-0.39, 0.29) is 25.9 Å². The van der Waals surface area contributed by atoms with Crippen molar-refractivity contribution >= 4 is 17.0 Å². The Kier molecular flexibility index (Phi) is 8.62. The molecule has 1 aliphatic rings. The lowest BCUT2D eigenvalue weighted by Gasteiger charge is -2.24. The molecule has 0 bridgehead atoms. The van der Waals surface area contributed by atoms with E-state index in [1.807, 2.05) is 28.9 Å². The van der Waals surface area contributed by atoms with E-state index in [1.54, 1.807) is 37.5 Å². The van der Waals surface area contributed by atoms with Crippen molar-refractivity contribution in [2.24, 2.45) is 0 Å². The number of nitrogens with zero attached hydrogens (tertiary/aromatic N) is 3. The molecule has 35 heavy (non-hydrogen) atoms. The van der Waals surface area contributed by atoms with E-state index in [2.05, 4.69) is 10.1 Å². The molecule has 0 aliphatic carbocycles. The van der Waals surface area contributed by atoms with Crippen LogP contribution in [0.5, 0.6) is 5.75 Å². The van der Waals surface area contributed by atoms with Crippen LogP contribution < -0.4 is 4.74 Å². The first-order valence-electron chi connectivity index (χ1n) is 11.6. The van der Waals surface area contributed by atoms with Crippen LogP contribution in [0, 0.1) is 0 Å². The van der Waals surface area contributed by atoms with Crippen LogP contribution in [-0.4, -0.2) is 42.7 Å². The first-order chi connectivity index (χ1) is 17.0. The summed E-state index contributed by atoms with van der Waals surface area (Å²) in [6.07, 6.45) is 6.19. The zero-order valence-corrected chi connectivity index (χ0v) is 20.3. The van der Waals surface area contributed by atoms with Gasteiger partial charge in [0.1, 0.15) is 12.4 Å². The average Bonchev–Trinajstić information content (AvgIpc) is 3.37. The summed E-state index contributed by atoms with van der Waals surface area (Å²) < 4.78 is 41.9. The van der Waals surface area contributed by atoms with Crippen molar-refractivity contribution in [1.29, 1.82) is 0 Å². The molecule has 4 rings (SSSR count). The number of benzene rings is 1. The lowest BCUT2D eigenvalue weighted by molar-refractivity contribution is -0.143. The molecule has 186 valence electrons. The van der Waals surface area contributed by atoms with E-state index in [0.717, 1.165) is 42.8 Å². The number of esters is 1. The number of rotatable bonds is 10. The lowest BCUT2D eigenvalue weighted by atomic mass is 10.1. The molecule has 1 aromatic carbocycles. The first kappa shape index (κ1) is 25.0. The fourth-order valence-corrected chi connectivity index (χ4v) is 4.64. The maximum atomic E-state index is 11.8. The van der Waals surface area contributed by atoms with E-state index < -0.39 is 22.3 Å². The number of carbonyl (C=O) groups excluding carboxylic acids is 1.